The smallest absolute Gasteiger partial charge is 0.270 e. The van der Waals surface area contributed by atoms with Gasteiger partial charge in [-0.05, 0) is 34.1 Å². The molecule has 0 saturated heterocycles. The second-order valence-electron chi connectivity index (χ2n) is 3.96. The Bertz CT molecular complexity index is 694. The highest BCUT2D eigenvalue weighted by Gasteiger charge is 2.20. The first-order valence-electron chi connectivity index (χ1n) is 5.58. The van der Waals surface area contributed by atoms with Gasteiger partial charge in [0, 0.05) is 18.2 Å². The van der Waals surface area contributed by atoms with Crippen LogP contribution in [0.2, 0.25) is 0 Å². The van der Waals surface area contributed by atoms with Crippen molar-refractivity contribution in [2.24, 2.45) is 0 Å². The van der Waals surface area contributed by atoms with Crippen molar-refractivity contribution in [1.82, 2.24) is 0 Å². The summed E-state index contributed by atoms with van der Waals surface area (Å²) in [5, 5.41) is 10.6. The normalized spacial score (nSPS) is 10.7. The minimum atomic E-state index is -2.97. The van der Waals surface area contributed by atoms with Gasteiger partial charge in [-0.3, -0.25) is 10.1 Å². The van der Waals surface area contributed by atoms with Crippen LogP contribution < -0.4 is 4.74 Å². The monoisotopic (exact) mass is 361 g/mol. The zero-order valence-corrected chi connectivity index (χ0v) is 11.8. The van der Waals surface area contributed by atoms with Gasteiger partial charge in [0.2, 0.25) is 0 Å². The largest absolute Gasteiger partial charge is 0.456 e. The van der Waals surface area contributed by atoms with Crippen LogP contribution in [-0.2, 0) is 0 Å². The Kier molecular flexibility index (Phi) is 4.46. The fraction of sp³-hybridized carbons (Fsp3) is 0.0769. The van der Waals surface area contributed by atoms with Gasteiger partial charge in [0.05, 0.1) is 15.0 Å². The van der Waals surface area contributed by atoms with Gasteiger partial charge in [0.15, 0.2) is 0 Å². The highest BCUT2D eigenvalue weighted by atomic mass is 79.9. The van der Waals surface area contributed by atoms with Crippen LogP contribution in [-0.4, -0.2) is 4.92 Å². The number of ether oxygens (including phenoxy) is 1. The summed E-state index contributed by atoms with van der Waals surface area (Å²) in [5.41, 5.74) is -1.11. The lowest BCUT2D eigenvalue weighted by molar-refractivity contribution is -0.385. The molecule has 0 aromatic heterocycles. The van der Waals surface area contributed by atoms with Gasteiger partial charge >= 0.3 is 0 Å². The molecule has 0 N–H and O–H groups in total. The molecule has 0 spiro atoms. The van der Waals surface area contributed by atoms with E-state index in [9.17, 15) is 23.3 Å². The van der Waals surface area contributed by atoms with E-state index in [-0.39, 0.29) is 11.5 Å². The van der Waals surface area contributed by atoms with E-state index < -0.39 is 28.4 Å². The van der Waals surface area contributed by atoms with Crippen molar-refractivity contribution < 1.29 is 22.8 Å². The quantitative estimate of drug-likeness (QED) is 0.553. The maximum Gasteiger partial charge on any atom is 0.270 e. The number of hydrogen-bond donors (Lipinski definition) is 0. The van der Waals surface area contributed by atoms with Crippen molar-refractivity contribution in [1.29, 1.82) is 0 Å². The van der Waals surface area contributed by atoms with Gasteiger partial charge in [0.1, 0.15) is 17.3 Å². The summed E-state index contributed by atoms with van der Waals surface area (Å²) in [6.45, 7) is 0. The molecular formula is C13H7BrF3NO3. The molecule has 4 nitrogen and oxygen atoms in total. The van der Waals surface area contributed by atoms with Crippen molar-refractivity contribution in [3.8, 4) is 11.5 Å². The molecule has 0 amide bonds. The zero-order valence-electron chi connectivity index (χ0n) is 10.2. The first-order chi connectivity index (χ1) is 9.88. The molecule has 0 unspecified atom stereocenters. The van der Waals surface area contributed by atoms with Crippen LogP contribution in [0.1, 0.15) is 12.0 Å². The van der Waals surface area contributed by atoms with Crippen LogP contribution in [0.5, 0.6) is 11.5 Å². The van der Waals surface area contributed by atoms with E-state index in [4.69, 9.17) is 4.74 Å². The third kappa shape index (κ3) is 3.52. The molecule has 2 aromatic rings. The topological polar surface area (TPSA) is 52.4 Å². The van der Waals surface area contributed by atoms with Crippen LogP contribution in [0.15, 0.2) is 40.9 Å². The molecule has 0 aliphatic rings. The summed E-state index contributed by atoms with van der Waals surface area (Å²) >= 11 is 3.10. The fourth-order valence-electron chi connectivity index (χ4n) is 1.59. The highest BCUT2D eigenvalue weighted by molar-refractivity contribution is 9.10. The Morgan fingerprint density at radius 2 is 1.86 bits per heavy atom. The van der Waals surface area contributed by atoms with Gasteiger partial charge in [-0.25, -0.2) is 13.2 Å². The lowest BCUT2D eigenvalue weighted by atomic mass is 10.2. The summed E-state index contributed by atoms with van der Waals surface area (Å²) in [5.74, 6) is -0.888. The minimum Gasteiger partial charge on any atom is -0.456 e. The second kappa shape index (κ2) is 6.13. The van der Waals surface area contributed by atoms with E-state index in [0.29, 0.717) is 4.47 Å². The lowest BCUT2D eigenvalue weighted by Gasteiger charge is -2.12. The molecule has 21 heavy (non-hydrogen) atoms. The Labute approximate surface area is 125 Å². The van der Waals surface area contributed by atoms with Crippen LogP contribution in [0.25, 0.3) is 0 Å². The summed E-state index contributed by atoms with van der Waals surface area (Å²) in [6.07, 6.45) is -2.97. The Balaban J connectivity index is 2.44. The van der Waals surface area contributed by atoms with Gasteiger partial charge in [-0.1, -0.05) is 0 Å². The summed E-state index contributed by atoms with van der Waals surface area (Å²) < 4.78 is 44.7. The second-order valence-corrected chi connectivity index (χ2v) is 4.81. The molecule has 0 radical (unpaired) electrons. The van der Waals surface area contributed by atoms with Crippen molar-refractivity contribution in [3.63, 3.8) is 0 Å². The van der Waals surface area contributed by atoms with Crippen LogP contribution in [0, 0.1) is 15.9 Å². The summed E-state index contributed by atoms with van der Waals surface area (Å²) in [6, 6.07) is 6.36. The Morgan fingerprint density at radius 1 is 1.14 bits per heavy atom. The molecule has 0 bridgehead atoms. The molecular weight excluding hydrogens is 355 g/mol. The number of nitro benzene ring substituents is 1. The number of alkyl halides is 2. The lowest BCUT2D eigenvalue weighted by Crippen LogP contribution is -1.96. The summed E-state index contributed by atoms with van der Waals surface area (Å²) in [4.78, 5) is 9.82. The Morgan fingerprint density at radius 3 is 2.48 bits per heavy atom. The van der Waals surface area contributed by atoms with Crippen LogP contribution in [0.3, 0.4) is 0 Å². The molecule has 2 rings (SSSR count). The zero-order chi connectivity index (χ0) is 15.6. The van der Waals surface area contributed by atoms with Crippen LogP contribution in [0.4, 0.5) is 18.9 Å². The van der Waals surface area contributed by atoms with E-state index in [0.717, 1.165) is 24.3 Å². The van der Waals surface area contributed by atoms with E-state index in [1.807, 2.05) is 0 Å². The highest BCUT2D eigenvalue weighted by Crippen LogP contribution is 2.37. The molecule has 0 atom stereocenters. The van der Waals surface area contributed by atoms with E-state index in [1.54, 1.807) is 0 Å². The van der Waals surface area contributed by atoms with Crippen molar-refractivity contribution in [3.05, 3.63) is 62.4 Å². The Hall–Kier alpha value is -2.09. The molecule has 0 fully saturated rings. The first-order valence-corrected chi connectivity index (χ1v) is 6.37. The average molecular weight is 362 g/mol. The van der Waals surface area contributed by atoms with Crippen LogP contribution >= 0.6 is 15.9 Å². The minimum absolute atomic E-state index is 0.00856. The number of nitro groups is 1. The number of non-ortho nitro benzene ring substituents is 1. The van der Waals surface area contributed by atoms with Crippen molar-refractivity contribution in [2.45, 2.75) is 6.43 Å². The molecule has 8 heteroatoms. The molecule has 2 aromatic carbocycles. The standard InChI is InChI=1S/C13H7BrF3NO3/c14-10-3-1-7(15)5-12(10)21-11-4-2-8(18(19)20)6-9(11)13(16)17/h1-6,13H. The van der Waals surface area contributed by atoms with Gasteiger partial charge in [0.25, 0.3) is 12.1 Å². The van der Waals surface area contributed by atoms with E-state index in [1.165, 1.54) is 12.1 Å². The maximum atomic E-state index is 13.1. The SMILES string of the molecule is O=[N+]([O-])c1ccc(Oc2cc(F)ccc2Br)c(C(F)F)c1. The average Bonchev–Trinajstić information content (AvgIpc) is 2.42. The van der Waals surface area contributed by atoms with Gasteiger partial charge in [-0.2, -0.15) is 0 Å². The first kappa shape index (κ1) is 15.3. The fourth-order valence-corrected chi connectivity index (χ4v) is 1.91. The third-order valence-corrected chi connectivity index (χ3v) is 3.21. The van der Waals surface area contributed by atoms with Crippen molar-refractivity contribution >= 4 is 21.6 Å². The molecule has 0 aliphatic carbocycles. The number of nitrogens with zero attached hydrogens (tertiary/aromatic N) is 1. The van der Waals surface area contributed by atoms with Crippen molar-refractivity contribution in [2.75, 3.05) is 0 Å². The molecule has 0 saturated carbocycles. The molecule has 110 valence electrons. The third-order valence-electron chi connectivity index (χ3n) is 2.55. The number of rotatable bonds is 4. The predicted molar refractivity (Wildman–Crippen MR) is 72.2 cm³/mol. The summed E-state index contributed by atoms with van der Waals surface area (Å²) in [7, 11) is 0. The predicted octanol–water partition coefficient (Wildman–Crippen LogP) is 5.23. The van der Waals surface area contributed by atoms with E-state index in [2.05, 4.69) is 15.9 Å². The van der Waals surface area contributed by atoms with Gasteiger partial charge < -0.3 is 4.74 Å². The molecule has 0 aliphatic heterocycles. The van der Waals surface area contributed by atoms with E-state index >= 15 is 0 Å². The van der Waals surface area contributed by atoms with Gasteiger partial charge in [-0.15, -0.1) is 0 Å². The maximum absolute atomic E-state index is 13.1. The number of hydrogen-bond acceptors (Lipinski definition) is 3. The number of halogens is 4. The molecule has 0 heterocycles. The number of benzene rings is 2.